The molecule has 9 heteroatoms. The Balaban J connectivity index is 3.53. The van der Waals surface area contributed by atoms with Gasteiger partial charge in [0.1, 0.15) is 11.3 Å². The zero-order valence-corrected chi connectivity index (χ0v) is 9.11. The molecule has 0 saturated heterocycles. The van der Waals surface area contributed by atoms with Crippen LogP contribution < -0.4 is 5.56 Å². The SMILES string of the molecule is CCOC(=O)c1[nH]c(=O)cc([N+](=O)[O-])c1C(F)F. The minimum absolute atomic E-state index is 0.119. The van der Waals surface area contributed by atoms with Crippen LogP contribution in [0.5, 0.6) is 0 Å². The summed E-state index contributed by atoms with van der Waals surface area (Å²) in [4.78, 5) is 33.7. The lowest BCUT2D eigenvalue weighted by molar-refractivity contribution is -0.386. The first-order chi connectivity index (χ1) is 8.38. The summed E-state index contributed by atoms with van der Waals surface area (Å²) in [5, 5.41) is 10.6. The van der Waals surface area contributed by atoms with Crippen molar-refractivity contribution in [3.63, 3.8) is 0 Å². The van der Waals surface area contributed by atoms with Crippen molar-refractivity contribution in [3.05, 3.63) is 37.8 Å². The van der Waals surface area contributed by atoms with Crippen LogP contribution >= 0.6 is 0 Å². The van der Waals surface area contributed by atoms with E-state index in [1.54, 1.807) is 0 Å². The summed E-state index contributed by atoms with van der Waals surface area (Å²) >= 11 is 0. The van der Waals surface area contributed by atoms with Gasteiger partial charge < -0.3 is 9.72 Å². The molecule has 18 heavy (non-hydrogen) atoms. The second-order valence-electron chi connectivity index (χ2n) is 3.09. The maximum Gasteiger partial charge on any atom is 0.355 e. The summed E-state index contributed by atoms with van der Waals surface area (Å²) in [6.07, 6.45) is -3.29. The average molecular weight is 262 g/mol. The molecule has 1 N–H and O–H groups in total. The van der Waals surface area contributed by atoms with Crippen molar-refractivity contribution in [2.45, 2.75) is 13.3 Å². The van der Waals surface area contributed by atoms with Gasteiger partial charge in [-0.1, -0.05) is 0 Å². The Morgan fingerprint density at radius 2 is 2.22 bits per heavy atom. The monoisotopic (exact) mass is 262 g/mol. The highest BCUT2D eigenvalue weighted by Crippen LogP contribution is 2.30. The van der Waals surface area contributed by atoms with Crippen molar-refractivity contribution in [2.75, 3.05) is 6.61 Å². The first-order valence-electron chi connectivity index (χ1n) is 4.75. The largest absolute Gasteiger partial charge is 0.461 e. The van der Waals surface area contributed by atoms with E-state index in [2.05, 4.69) is 4.74 Å². The standard InChI is InChI=1S/C9H8F2N2O5/c1-2-18-9(15)7-6(8(10)11)4(13(16)17)3-5(14)12-7/h3,8H,2H2,1H3,(H,12,14). The van der Waals surface area contributed by atoms with E-state index < -0.39 is 39.8 Å². The van der Waals surface area contributed by atoms with Crippen molar-refractivity contribution >= 4 is 11.7 Å². The molecule has 0 spiro atoms. The summed E-state index contributed by atoms with van der Waals surface area (Å²) in [7, 11) is 0. The molecule has 0 aliphatic rings. The molecular formula is C9H8F2N2O5. The number of aromatic nitrogens is 1. The lowest BCUT2D eigenvalue weighted by Crippen LogP contribution is -2.19. The highest BCUT2D eigenvalue weighted by Gasteiger charge is 2.30. The first kappa shape index (κ1) is 13.7. The fourth-order valence-corrected chi connectivity index (χ4v) is 1.29. The van der Waals surface area contributed by atoms with Crippen LogP contribution in [-0.2, 0) is 4.74 Å². The number of nitro groups is 1. The van der Waals surface area contributed by atoms with Gasteiger partial charge in [-0.25, -0.2) is 13.6 Å². The number of carbonyl (C=O) groups is 1. The number of pyridine rings is 1. The number of halogens is 2. The Bertz CT molecular complexity index is 540. The number of nitrogens with zero attached hydrogens (tertiary/aromatic N) is 1. The number of ether oxygens (including phenoxy) is 1. The summed E-state index contributed by atoms with van der Waals surface area (Å²) < 4.78 is 29.9. The smallest absolute Gasteiger partial charge is 0.355 e. The Labute approximate surface area is 98.5 Å². The molecule has 0 aliphatic heterocycles. The number of hydrogen-bond donors (Lipinski definition) is 1. The minimum Gasteiger partial charge on any atom is -0.461 e. The molecule has 1 rings (SSSR count). The fourth-order valence-electron chi connectivity index (χ4n) is 1.29. The van der Waals surface area contributed by atoms with Crippen LogP contribution in [0.25, 0.3) is 0 Å². The van der Waals surface area contributed by atoms with E-state index in [9.17, 15) is 28.5 Å². The second-order valence-corrected chi connectivity index (χ2v) is 3.09. The average Bonchev–Trinajstić information content (AvgIpc) is 2.27. The number of nitrogens with one attached hydrogen (secondary N) is 1. The van der Waals surface area contributed by atoms with Crippen molar-refractivity contribution in [3.8, 4) is 0 Å². The molecular weight excluding hydrogens is 254 g/mol. The summed E-state index contributed by atoms with van der Waals surface area (Å²) in [6.45, 7) is 1.31. The molecule has 0 bridgehead atoms. The molecule has 1 aromatic rings. The summed E-state index contributed by atoms with van der Waals surface area (Å²) in [6, 6.07) is 0.393. The van der Waals surface area contributed by atoms with Gasteiger partial charge in [-0.15, -0.1) is 0 Å². The first-order valence-corrected chi connectivity index (χ1v) is 4.75. The Morgan fingerprint density at radius 3 is 2.67 bits per heavy atom. The molecule has 0 radical (unpaired) electrons. The number of rotatable bonds is 4. The zero-order chi connectivity index (χ0) is 13.9. The van der Waals surface area contributed by atoms with Gasteiger partial charge in [0.2, 0.25) is 0 Å². The molecule has 0 aromatic carbocycles. The predicted octanol–water partition coefficient (Wildman–Crippen LogP) is 1.40. The second kappa shape index (κ2) is 5.34. The molecule has 7 nitrogen and oxygen atoms in total. The molecule has 0 unspecified atom stereocenters. The molecule has 0 atom stereocenters. The van der Waals surface area contributed by atoms with Gasteiger partial charge in [0, 0.05) is 0 Å². The van der Waals surface area contributed by atoms with Crippen LogP contribution in [0.1, 0.15) is 29.4 Å². The van der Waals surface area contributed by atoms with Gasteiger partial charge in [0.15, 0.2) is 0 Å². The number of hydrogen-bond acceptors (Lipinski definition) is 5. The van der Waals surface area contributed by atoms with Crippen molar-refractivity contribution in [2.24, 2.45) is 0 Å². The summed E-state index contributed by atoms with van der Waals surface area (Å²) in [5.74, 6) is -1.24. The highest BCUT2D eigenvalue weighted by atomic mass is 19.3. The van der Waals surface area contributed by atoms with Crippen LogP contribution in [0.15, 0.2) is 10.9 Å². The van der Waals surface area contributed by atoms with Gasteiger partial charge in [-0.05, 0) is 6.92 Å². The van der Waals surface area contributed by atoms with E-state index in [-0.39, 0.29) is 6.61 Å². The van der Waals surface area contributed by atoms with E-state index in [1.807, 2.05) is 4.98 Å². The Morgan fingerprint density at radius 1 is 1.61 bits per heavy atom. The van der Waals surface area contributed by atoms with Gasteiger partial charge >= 0.3 is 5.97 Å². The molecule has 0 aliphatic carbocycles. The fraction of sp³-hybridized carbons (Fsp3) is 0.333. The normalized spacial score (nSPS) is 10.4. The van der Waals surface area contributed by atoms with E-state index in [4.69, 9.17) is 0 Å². The van der Waals surface area contributed by atoms with E-state index in [0.29, 0.717) is 6.07 Å². The summed E-state index contributed by atoms with van der Waals surface area (Å²) in [5.41, 5.74) is -4.20. The van der Waals surface area contributed by atoms with E-state index in [1.165, 1.54) is 6.92 Å². The number of H-pyrrole nitrogens is 1. The van der Waals surface area contributed by atoms with Crippen molar-refractivity contribution in [1.82, 2.24) is 4.98 Å². The highest BCUT2D eigenvalue weighted by molar-refractivity contribution is 5.90. The zero-order valence-electron chi connectivity index (χ0n) is 9.11. The molecule has 0 amide bonds. The predicted molar refractivity (Wildman–Crippen MR) is 54.6 cm³/mol. The number of esters is 1. The molecule has 98 valence electrons. The Kier molecular flexibility index (Phi) is 4.08. The lowest BCUT2D eigenvalue weighted by Gasteiger charge is -2.07. The molecule has 0 fully saturated rings. The maximum atomic E-state index is 12.7. The van der Waals surface area contributed by atoms with Crippen LogP contribution in [-0.4, -0.2) is 22.5 Å². The molecule has 1 aromatic heterocycles. The van der Waals surface area contributed by atoms with Crippen LogP contribution in [0.3, 0.4) is 0 Å². The molecule has 0 saturated carbocycles. The van der Waals surface area contributed by atoms with Crippen LogP contribution in [0, 0.1) is 10.1 Å². The molecule has 1 heterocycles. The minimum atomic E-state index is -3.29. The third-order valence-electron chi connectivity index (χ3n) is 1.96. The van der Waals surface area contributed by atoms with Gasteiger partial charge in [-0.3, -0.25) is 14.9 Å². The topological polar surface area (TPSA) is 102 Å². The number of carbonyl (C=O) groups excluding carboxylic acids is 1. The lowest BCUT2D eigenvalue weighted by atomic mass is 10.1. The van der Waals surface area contributed by atoms with E-state index >= 15 is 0 Å². The van der Waals surface area contributed by atoms with Gasteiger partial charge in [-0.2, -0.15) is 0 Å². The van der Waals surface area contributed by atoms with Gasteiger partial charge in [0.25, 0.3) is 17.7 Å². The number of aromatic amines is 1. The van der Waals surface area contributed by atoms with Crippen molar-refractivity contribution < 1.29 is 23.2 Å². The number of alkyl halides is 2. The van der Waals surface area contributed by atoms with Gasteiger partial charge in [0.05, 0.1) is 17.6 Å². The quantitative estimate of drug-likeness (QED) is 0.502. The van der Waals surface area contributed by atoms with Crippen LogP contribution in [0.2, 0.25) is 0 Å². The third-order valence-corrected chi connectivity index (χ3v) is 1.96. The van der Waals surface area contributed by atoms with Crippen molar-refractivity contribution in [1.29, 1.82) is 0 Å². The Hall–Kier alpha value is -2.32. The van der Waals surface area contributed by atoms with Crippen LogP contribution in [0.4, 0.5) is 14.5 Å². The maximum absolute atomic E-state index is 12.7. The third kappa shape index (κ3) is 2.67. The van der Waals surface area contributed by atoms with E-state index in [0.717, 1.165) is 0 Å².